The first-order chi connectivity index (χ1) is 27.1. The summed E-state index contributed by atoms with van der Waals surface area (Å²) in [5, 5.41) is 28.8. The van der Waals surface area contributed by atoms with Gasteiger partial charge in [-0.2, -0.15) is 5.26 Å². The second kappa shape index (κ2) is 19.1. The van der Waals surface area contributed by atoms with Crippen LogP contribution in [-0.4, -0.2) is 76.3 Å². The number of pyridine rings is 1. The number of piperidine rings is 2. The monoisotopic (exact) mass is 780 g/mol. The molecule has 0 bridgehead atoms. The number of carboxylic acids is 2. The van der Waals surface area contributed by atoms with Gasteiger partial charge < -0.3 is 29.3 Å². The fraction of sp³-hybridized carbons (Fsp3) is 0.409. The minimum Gasteiger partial charge on any atom is -0.493 e. The van der Waals surface area contributed by atoms with Gasteiger partial charge in [-0.05, 0) is 105 Å². The van der Waals surface area contributed by atoms with Crippen LogP contribution in [0.5, 0.6) is 17.2 Å². The molecule has 3 aromatic carbocycles. The Bertz CT molecular complexity index is 2070. The first-order valence-corrected chi connectivity index (χ1v) is 19.6. The van der Waals surface area contributed by atoms with Crippen LogP contribution in [0.25, 0.3) is 11.1 Å². The lowest BCUT2D eigenvalue weighted by atomic mass is 9.93. The molecule has 0 amide bonds. The van der Waals surface area contributed by atoms with Gasteiger partial charge in [0.15, 0.2) is 0 Å². The van der Waals surface area contributed by atoms with E-state index in [9.17, 15) is 25.1 Å². The van der Waals surface area contributed by atoms with Crippen molar-refractivity contribution in [3.63, 3.8) is 0 Å². The van der Waals surface area contributed by atoms with Crippen LogP contribution in [0.2, 0.25) is 5.02 Å². The molecular formula is C44H49ClN4O7. The Hall–Kier alpha value is -5.15. The van der Waals surface area contributed by atoms with Crippen molar-refractivity contribution in [2.24, 2.45) is 11.8 Å². The van der Waals surface area contributed by atoms with Gasteiger partial charge in [-0.3, -0.25) is 19.5 Å². The summed E-state index contributed by atoms with van der Waals surface area (Å²) in [7, 11) is 0. The van der Waals surface area contributed by atoms with Crippen LogP contribution in [0, 0.1) is 37.0 Å². The summed E-state index contributed by atoms with van der Waals surface area (Å²) in [5.41, 5.74) is 7.22. The van der Waals surface area contributed by atoms with E-state index in [1.807, 2.05) is 30.3 Å². The van der Waals surface area contributed by atoms with Crippen LogP contribution >= 0.6 is 11.6 Å². The summed E-state index contributed by atoms with van der Waals surface area (Å²) < 4.78 is 19.0. The fourth-order valence-corrected chi connectivity index (χ4v) is 7.90. The number of nitrogens with zero attached hydrogens (tertiary/aromatic N) is 4. The van der Waals surface area contributed by atoms with Crippen molar-refractivity contribution in [2.45, 2.75) is 65.7 Å². The summed E-state index contributed by atoms with van der Waals surface area (Å²) in [6.07, 6.45) is 7.07. The van der Waals surface area contributed by atoms with Crippen molar-refractivity contribution >= 4 is 23.5 Å². The third-order valence-electron chi connectivity index (χ3n) is 10.8. The Morgan fingerprint density at radius 2 is 1.50 bits per heavy atom. The maximum absolute atomic E-state index is 11.8. The summed E-state index contributed by atoms with van der Waals surface area (Å²) in [6.45, 7) is 9.13. The predicted octanol–water partition coefficient (Wildman–Crippen LogP) is 7.91. The molecule has 2 N–H and O–H groups in total. The van der Waals surface area contributed by atoms with E-state index in [4.69, 9.17) is 25.8 Å². The summed E-state index contributed by atoms with van der Waals surface area (Å²) in [4.78, 5) is 31.7. The van der Waals surface area contributed by atoms with Crippen molar-refractivity contribution in [3.8, 4) is 34.4 Å². The van der Waals surface area contributed by atoms with Crippen molar-refractivity contribution in [1.29, 1.82) is 5.26 Å². The lowest BCUT2D eigenvalue weighted by Gasteiger charge is -2.31. The third-order valence-corrected chi connectivity index (χ3v) is 11.1. The number of hydrogen-bond acceptors (Lipinski definition) is 9. The van der Waals surface area contributed by atoms with Gasteiger partial charge in [0, 0.05) is 55.8 Å². The number of benzene rings is 3. The highest BCUT2D eigenvalue weighted by molar-refractivity contribution is 6.32. The zero-order valence-corrected chi connectivity index (χ0v) is 32.8. The van der Waals surface area contributed by atoms with Crippen molar-refractivity contribution < 1.29 is 34.0 Å². The number of carbonyl (C=O) groups is 2. The Balaban J connectivity index is 1.15. The van der Waals surface area contributed by atoms with E-state index in [1.165, 1.54) is 6.20 Å². The average Bonchev–Trinajstić information content (AvgIpc) is 3.20. The highest BCUT2D eigenvalue weighted by atomic mass is 35.5. The highest BCUT2D eigenvalue weighted by Gasteiger charge is 2.27. The average molecular weight is 781 g/mol. The Morgan fingerprint density at radius 3 is 2.23 bits per heavy atom. The van der Waals surface area contributed by atoms with E-state index in [0.717, 1.165) is 90.0 Å². The van der Waals surface area contributed by atoms with Crippen LogP contribution in [0.1, 0.15) is 65.5 Å². The number of carboxylic acid groups (broad SMARTS) is 2. The number of rotatable bonds is 16. The molecule has 0 saturated carbocycles. The minimum atomic E-state index is -0.785. The summed E-state index contributed by atoms with van der Waals surface area (Å²) in [5.74, 6) is -0.367. The standard InChI is InChI=1S/C44H49ClN4O7/c1-29-35(8-3-11-37(29)38-12-4-13-40(30(38)2)54-17-7-16-48-14-5-9-33(24-48)43(50)51)28-56-42-20-41(55-27-32-18-31(21-46)22-47-23-32)36(19-39(42)45)26-49-15-6-10-34(25-49)44(52)53/h3-4,8,11-13,18-20,22-23,33-34H,5-7,9-10,14-17,24-28H2,1-2H3,(H,50,51)(H,52,53)/t33-,34?/m0/s1. The van der Waals surface area contributed by atoms with Gasteiger partial charge in [0.2, 0.25) is 0 Å². The summed E-state index contributed by atoms with van der Waals surface area (Å²) >= 11 is 6.86. The van der Waals surface area contributed by atoms with E-state index in [2.05, 4.69) is 46.8 Å². The number of ether oxygens (including phenoxy) is 3. The van der Waals surface area contributed by atoms with Gasteiger partial charge in [0.05, 0.1) is 29.0 Å². The second-order valence-electron chi connectivity index (χ2n) is 14.8. The lowest BCUT2D eigenvalue weighted by Crippen LogP contribution is -2.39. The molecule has 6 rings (SSSR count). The van der Waals surface area contributed by atoms with Gasteiger partial charge in [-0.15, -0.1) is 0 Å². The Morgan fingerprint density at radius 1 is 0.821 bits per heavy atom. The molecule has 0 aliphatic carbocycles. The smallest absolute Gasteiger partial charge is 0.307 e. The molecule has 2 atom stereocenters. The molecule has 56 heavy (non-hydrogen) atoms. The largest absolute Gasteiger partial charge is 0.493 e. The molecule has 2 aliphatic heterocycles. The number of aromatic nitrogens is 1. The van der Waals surface area contributed by atoms with E-state index in [1.54, 1.807) is 18.3 Å². The third kappa shape index (κ3) is 10.4. The van der Waals surface area contributed by atoms with E-state index >= 15 is 0 Å². The van der Waals surface area contributed by atoms with E-state index in [0.29, 0.717) is 54.7 Å². The molecule has 1 aromatic heterocycles. The predicted molar refractivity (Wildman–Crippen MR) is 213 cm³/mol. The molecule has 2 fully saturated rings. The van der Waals surface area contributed by atoms with Gasteiger partial charge in [-0.25, -0.2) is 0 Å². The van der Waals surface area contributed by atoms with E-state index < -0.39 is 17.9 Å². The number of halogens is 1. The number of hydrogen-bond donors (Lipinski definition) is 2. The SMILES string of the molecule is Cc1c(COc2cc(OCc3cncc(C#N)c3)c(CN3CCCC(C(=O)O)C3)cc2Cl)cccc1-c1cccc(OCCCN2CCC[C@H](C(=O)O)C2)c1C. The molecule has 4 aromatic rings. The van der Waals surface area contributed by atoms with Crippen LogP contribution < -0.4 is 14.2 Å². The van der Waals surface area contributed by atoms with Gasteiger partial charge in [0.1, 0.15) is 36.5 Å². The quantitative estimate of drug-likeness (QED) is 0.107. The molecular weight excluding hydrogens is 732 g/mol. The van der Waals surface area contributed by atoms with Crippen molar-refractivity contribution in [1.82, 2.24) is 14.8 Å². The molecule has 2 aliphatic rings. The molecule has 3 heterocycles. The molecule has 294 valence electrons. The molecule has 2 saturated heterocycles. The van der Waals surface area contributed by atoms with Crippen LogP contribution in [0.3, 0.4) is 0 Å². The number of nitriles is 1. The number of aliphatic carboxylic acids is 2. The van der Waals surface area contributed by atoms with Crippen molar-refractivity contribution in [3.05, 3.63) is 105 Å². The first-order valence-electron chi connectivity index (χ1n) is 19.2. The van der Waals surface area contributed by atoms with Crippen LogP contribution in [0.4, 0.5) is 0 Å². The fourth-order valence-electron chi connectivity index (χ4n) is 7.66. The maximum Gasteiger partial charge on any atom is 0.307 e. The van der Waals surface area contributed by atoms with Crippen LogP contribution in [0.15, 0.2) is 67.0 Å². The Kier molecular flexibility index (Phi) is 13.8. The molecule has 0 radical (unpaired) electrons. The minimum absolute atomic E-state index is 0.170. The normalized spacial score (nSPS) is 17.5. The summed E-state index contributed by atoms with van der Waals surface area (Å²) in [6, 6.07) is 19.7. The molecule has 12 heteroatoms. The lowest BCUT2D eigenvalue weighted by molar-refractivity contribution is -0.144. The first kappa shape index (κ1) is 40.5. The van der Waals surface area contributed by atoms with E-state index in [-0.39, 0.29) is 19.1 Å². The Labute approximate surface area is 333 Å². The van der Waals surface area contributed by atoms with Crippen LogP contribution in [-0.2, 0) is 29.3 Å². The topological polar surface area (TPSA) is 145 Å². The zero-order chi connectivity index (χ0) is 39.6. The molecule has 0 spiro atoms. The highest BCUT2D eigenvalue weighted by Crippen LogP contribution is 2.37. The van der Waals surface area contributed by atoms with Gasteiger partial charge in [-0.1, -0.05) is 41.9 Å². The maximum atomic E-state index is 11.8. The molecule has 1 unspecified atom stereocenters. The number of likely N-dealkylation sites (tertiary alicyclic amines) is 2. The second-order valence-corrected chi connectivity index (χ2v) is 15.2. The van der Waals surface area contributed by atoms with Crippen molar-refractivity contribution in [2.75, 3.05) is 39.3 Å². The van der Waals surface area contributed by atoms with Gasteiger partial charge in [0.25, 0.3) is 0 Å². The molecule has 11 nitrogen and oxygen atoms in total. The van der Waals surface area contributed by atoms with Gasteiger partial charge >= 0.3 is 11.9 Å². The zero-order valence-electron chi connectivity index (χ0n) is 32.0.